The molecule has 0 saturated carbocycles. The molecule has 3 rings (SSSR count). The van der Waals surface area contributed by atoms with Crippen LogP contribution in [0.25, 0.3) is 0 Å². The Morgan fingerprint density at radius 1 is 1.47 bits per heavy atom. The molecule has 4 heteroatoms. The quantitative estimate of drug-likeness (QED) is 0.794. The fraction of sp³-hybridized carbons (Fsp3) is 0.769. The van der Waals surface area contributed by atoms with Crippen LogP contribution in [-0.4, -0.2) is 33.9 Å². The number of hydrogen-bond acceptors (Lipinski definition) is 3. The number of aliphatic hydroxyl groups excluding tert-OH is 1. The Hall–Kier alpha value is -0.870. The second-order valence-corrected chi connectivity index (χ2v) is 5.41. The number of imidazole rings is 1. The van der Waals surface area contributed by atoms with Crippen molar-refractivity contribution >= 4 is 0 Å². The zero-order valence-electron chi connectivity index (χ0n) is 10.2. The van der Waals surface area contributed by atoms with Crippen LogP contribution in [-0.2, 0) is 19.4 Å². The van der Waals surface area contributed by atoms with E-state index < -0.39 is 0 Å². The number of aromatic nitrogens is 2. The van der Waals surface area contributed by atoms with Crippen LogP contribution in [0.3, 0.4) is 0 Å². The van der Waals surface area contributed by atoms with Crippen molar-refractivity contribution in [2.75, 3.05) is 13.1 Å². The summed E-state index contributed by atoms with van der Waals surface area (Å²) in [6.07, 6.45) is 7.44. The monoisotopic (exact) mass is 235 g/mol. The molecule has 2 unspecified atom stereocenters. The van der Waals surface area contributed by atoms with E-state index in [-0.39, 0.29) is 6.10 Å². The lowest BCUT2D eigenvalue weighted by Gasteiger charge is -2.21. The van der Waals surface area contributed by atoms with E-state index in [1.807, 2.05) is 0 Å². The summed E-state index contributed by atoms with van der Waals surface area (Å²) in [5, 5.41) is 13.1. The van der Waals surface area contributed by atoms with Gasteiger partial charge < -0.3 is 15.0 Å². The maximum Gasteiger partial charge on any atom is 0.109 e. The van der Waals surface area contributed by atoms with Crippen LogP contribution in [0.2, 0.25) is 0 Å². The standard InChI is InChI=1S/C13H21N3O/c17-12-3-4-13-15-11(8-16(13)9-12)6-10-2-1-5-14-7-10/h8,10,12,14,17H,1-7,9H2. The summed E-state index contributed by atoms with van der Waals surface area (Å²) in [7, 11) is 0. The third-order valence-corrected chi connectivity index (χ3v) is 3.91. The van der Waals surface area contributed by atoms with Gasteiger partial charge in [0.15, 0.2) is 0 Å². The van der Waals surface area contributed by atoms with Gasteiger partial charge in [-0.15, -0.1) is 0 Å². The fourth-order valence-electron chi connectivity index (χ4n) is 2.98. The van der Waals surface area contributed by atoms with Crippen LogP contribution < -0.4 is 5.32 Å². The van der Waals surface area contributed by atoms with Crippen LogP contribution in [0.1, 0.15) is 30.8 Å². The van der Waals surface area contributed by atoms with E-state index in [0.717, 1.165) is 44.1 Å². The maximum absolute atomic E-state index is 9.63. The van der Waals surface area contributed by atoms with Crippen LogP contribution in [0.4, 0.5) is 0 Å². The van der Waals surface area contributed by atoms with Gasteiger partial charge in [-0.05, 0) is 44.7 Å². The van der Waals surface area contributed by atoms with E-state index in [9.17, 15) is 5.11 Å². The van der Waals surface area contributed by atoms with Gasteiger partial charge in [-0.25, -0.2) is 4.98 Å². The topological polar surface area (TPSA) is 50.1 Å². The first-order valence-electron chi connectivity index (χ1n) is 6.75. The fourth-order valence-corrected chi connectivity index (χ4v) is 2.98. The molecule has 0 spiro atoms. The molecule has 3 heterocycles. The van der Waals surface area contributed by atoms with E-state index in [2.05, 4.69) is 16.1 Å². The Morgan fingerprint density at radius 2 is 2.41 bits per heavy atom. The molecular weight excluding hydrogens is 214 g/mol. The predicted octanol–water partition coefficient (Wildman–Crippen LogP) is 0.732. The average molecular weight is 235 g/mol. The SMILES string of the molecule is OC1CCc2nc(CC3CCCNC3)cn2C1. The van der Waals surface area contributed by atoms with Crippen molar-refractivity contribution in [2.45, 2.75) is 44.8 Å². The van der Waals surface area contributed by atoms with Crippen molar-refractivity contribution in [1.82, 2.24) is 14.9 Å². The van der Waals surface area contributed by atoms with Gasteiger partial charge in [-0.3, -0.25) is 0 Å². The van der Waals surface area contributed by atoms with Crippen LogP contribution in [0, 0.1) is 5.92 Å². The van der Waals surface area contributed by atoms with Crippen LogP contribution >= 0.6 is 0 Å². The number of piperidine rings is 1. The summed E-state index contributed by atoms with van der Waals surface area (Å²) in [6, 6.07) is 0. The van der Waals surface area contributed by atoms with Crippen LogP contribution in [0.15, 0.2) is 6.20 Å². The molecule has 1 saturated heterocycles. The zero-order chi connectivity index (χ0) is 11.7. The summed E-state index contributed by atoms with van der Waals surface area (Å²) in [4.78, 5) is 4.70. The van der Waals surface area contributed by atoms with Gasteiger partial charge in [-0.1, -0.05) is 0 Å². The number of nitrogens with one attached hydrogen (secondary N) is 1. The Balaban J connectivity index is 1.67. The predicted molar refractivity (Wildman–Crippen MR) is 65.9 cm³/mol. The minimum atomic E-state index is -0.180. The first kappa shape index (κ1) is 11.2. The lowest BCUT2D eigenvalue weighted by atomic mass is 9.95. The Labute approximate surface area is 102 Å². The summed E-state index contributed by atoms with van der Waals surface area (Å²) in [6.45, 7) is 3.03. The molecule has 2 aliphatic heterocycles. The number of fused-ring (bicyclic) bond motifs is 1. The lowest BCUT2D eigenvalue weighted by molar-refractivity contribution is 0.130. The van der Waals surface area contributed by atoms with Gasteiger partial charge in [0, 0.05) is 19.2 Å². The molecular formula is C13H21N3O. The lowest BCUT2D eigenvalue weighted by Crippen LogP contribution is -2.30. The van der Waals surface area contributed by atoms with Gasteiger partial charge in [0.25, 0.3) is 0 Å². The number of nitrogens with zero attached hydrogens (tertiary/aromatic N) is 2. The molecule has 0 aromatic carbocycles. The van der Waals surface area contributed by atoms with Crippen LogP contribution in [0.5, 0.6) is 0 Å². The Bertz CT molecular complexity index is 382. The minimum absolute atomic E-state index is 0.180. The van der Waals surface area contributed by atoms with E-state index in [4.69, 9.17) is 4.98 Å². The molecule has 0 bridgehead atoms. The number of aliphatic hydroxyl groups is 1. The van der Waals surface area contributed by atoms with Gasteiger partial charge >= 0.3 is 0 Å². The molecule has 2 atom stereocenters. The highest BCUT2D eigenvalue weighted by atomic mass is 16.3. The molecule has 1 aromatic rings. The van der Waals surface area contributed by atoms with Gasteiger partial charge in [-0.2, -0.15) is 0 Å². The van der Waals surface area contributed by atoms with Crippen molar-refractivity contribution in [2.24, 2.45) is 5.92 Å². The van der Waals surface area contributed by atoms with Crippen molar-refractivity contribution in [3.8, 4) is 0 Å². The highest BCUT2D eigenvalue weighted by molar-refractivity contribution is 5.08. The first-order chi connectivity index (χ1) is 8.31. The van der Waals surface area contributed by atoms with Gasteiger partial charge in [0.1, 0.15) is 5.82 Å². The summed E-state index contributed by atoms with van der Waals surface area (Å²) < 4.78 is 2.14. The molecule has 1 aromatic heterocycles. The molecule has 4 nitrogen and oxygen atoms in total. The maximum atomic E-state index is 9.63. The molecule has 2 aliphatic rings. The number of aryl methyl sites for hydroxylation is 1. The highest BCUT2D eigenvalue weighted by Crippen LogP contribution is 2.19. The van der Waals surface area contributed by atoms with E-state index >= 15 is 0 Å². The molecule has 0 aliphatic carbocycles. The zero-order valence-corrected chi connectivity index (χ0v) is 10.2. The van der Waals surface area contributed by atoms with E-state index in [0.29, 0.717) is 0 Å². The number of hydrogen-bond donors (Lipinski definition) is 2. The smallest absolute Gasteiger partial charge is 0.109 e. The third-order valence-electron chi connectivity index (χ3n) is 3.91. The van der Waals surface area contributed by atoms with E-state index in [1.165, 1.54) is 25.1 Å². The summed E-state index contributed by atoms with van der Waals surface area (Å²) >= 11 is 0. The third kappa shape index (κ3) is 2.53. The molecule has 1 fully saturated rings. The van der Waals surface area contributed by atoms with E-state index in [1.54, 1.807) is 0 Å². The molecule has 0 radical (unpaired) electrons. The van der Waals surface area contributed by atoms with Crippen molar-refractivity contribution < 1.29 is 5.11 Å². The normalized spacial score (nSPS) is 29.0. The second kappa shape index (κ2) is 4.78. The molecule has 94 valence electrons. The largest absolute Gasteiger partial charge is 0.391 e. The summed E-state index contributed by atoms with van der Waals surface area (Å²) in [5.74, 6) is 1.90. The highest BCUT2D eigenvalue weighted by Gasteiger charge is 2.20. The Kier molecular flexibility index (Phi) is 3.16. The van der Waals surface area contributed by atoms with Gasteiger partial charge in [0.2, 0.25) is 0 Å². The van der Waals surface area contributed by atoms with Crippen molar-refractivity contribution in [3.63, 3.8) is 0 Å². The Morgan fingerprint density at radius 3 is 3.24 bits per heavy atom. The molecule has 17 heavy (non-hydrogen) atoms. The summed E-state index contributed by atoms with van der Waals surface area (Å²) in [5.41, 5.74) is 1.21. The number of rotatable bonds is 2. The average Bonchev–Trinajstić information content (AvgIpc) is 2.71. The molecule has 2 N–H and O–H groups in total. The molecule has 0 amide bonds. The van der Waals surface area contributed by atoms with Crippen molar-refractivity contribution in [1.29, 1.82) is 0 Å². The second-order valence-electron chi connectivity index (χ2n) is 5.41. The minimum Gasteiger partial charge on any atom is -0.391 e. The first-order valence-corrected chi connectivity index (χ1v) is 6.75. The van der Waals surface area contributed by atoms with Gasteiger partial charge in [0.05, 0.1) is 11.8 Å². The van der Waals surface area contributed by atoms with Crippen molar-refractivity contribution in [3.05, 3.63) is 17.7 Å².